The second kappa shape index (κ2) is 7.04. The van der Waals surface area contributed by atoms with Gasteiger partial charge in [0.2, 0.25) is 0 Å². The van der Waals surface area contributed by atoms with E-state index in [1.807, 2.05) is 0 Å². The molecule has 6 heteroatoms. The predicted molar refractivity (Wildman–Crippen MR) is 91.4 cm³/mol. The monoisotopic (exact) mass is 341 g/mol. The zero-order valence-corrected chi connectivity index (χ0v) is 13.5. The molecule has 6 nitrogen and oxygen atoms in total. The van der Waals surface area contributed by atoms with E-state index < -0.39 is 18.2 Å². The van der Waals surface area contributed by atoms with Crippen LogP contribution in [0.15, 0.2) is 48.5 Å². The fraction of sp³-hybridized carbons (Fsp3) is 0.263. The van der Waals surface area contributed by atoms with E-state index in [-0.39, 0.29) is 18.0 Å². The number of rotatable bonds is 3. The summed E-state index contributed by atoms with van der Waals surface area (Å²) in [4.78, 5) is 24.9. The number of carbonyl (C=O) groups excluding carboxylic acids is 1. The number of carboxylic acids is 1. The number of hydrogen-bond donors (Lipinski definition) is 3. The van der Waals surface area contributed by atoms with Gasteiger partial charge in [-0.15, -0.1) is 0 Å². The third kappa shape index (κ3) is 3.70. The lowest BCUT2D eigenvalue weighted by Gasteiger charge is -2.33. The van der Waals surface area contributed by atoms with Crippen LogP contribution < -0.4 is 0 Å². The summed E-state index contributed by atoms with van der Waals surface area (Å²) in [5, 5.41) is 28.2. The lowest BCUT2D eigenvalue weighted by atomic mass is 10.0. The molecular weight excluding hydrogens is 322 g/mol. The summed E-state index contributed by atoms with van der Waals surface area (Å²) >= 11 is 0. The van der Waals surface area contributed by atoms with Crippen LogP contribution in [0, 0.1) is 0 Å². The van der Waals surface area contributed by atoms with Crippen molar-refractivity contribution in [1.29, 1.82) is 0 Å². The van der Waals surface area contributed by atoms with Crippen LogP contribution in [0.4, 0.5) is 0 Å². The molecule has 1 amide bonds. The van der Waals surface area contributed by atoms with E-state index >= 15 is 0 Å². The van der Waals surface area contributed by atoms with Crippen molar-refractivity contribution < 1.29 is 24.9 Å². The normalized spacial score (nSPS) is 20.3. The average Bonchev–Trinajstić information content (AvgIpc) is 2.63. The number of aliphatic hydroxyl groups excluding tert-OH is 2. The molecule has 2 aromatic carbocycles. The molecule has 0 aromatic heterocycles. The maximum absolute atomic E-state index is 12.5. The van der Waals surface area contributed by atoms with Crippen LogP contribution in [0.2, 0.25) is 0 Å². The molecule has 0 unspecified atom stereocenters. The van der Waals surface area contributed by atoms with Gasteiger partial charge in [0.1, 0.15) is 0 Å². The van der Waals surface area contributed by atoms with Gasteiger partial charge in [0.15, 0.2) is 0 Å². The van der Waals surface area contributed by atoms with Crippen LogP contribution in [0.25, 0.3) is 11.1 Å². The summed E-state index contributed by atoms with van der Waals surface area (Å²) < 4.78 is 0. The Morgan fingerprint density at radius 2 is 1.36 bits per heavy atom. The molecule has 1 heterocycles. The Labute approximate surface area is 145 Å². The van der Waals surface area contributed by atoms with Gasteiger partial charge in [0, 0.05) is 18.7 Å². The molecule has 3 rings (SSSR count). The number of nitrogens with zero attached hydrogens (tertiary/aromatic N) is 1. The molecule has 130 valence electrons. The van der Waals surface area contributed by atoms with Crippen molar-refractivity contribution in [3.63, 3.8) is 0 Å². The maximum Gasteiger partial charge on any atom is 0.335 e. The molecule has 0 bridgehead atoms. The Hall–Kier alpha value is -2.70. The van der Waals surface area contributed by atoms with E-state index in [4.69, 9.17) is 5.11 Å². The van der Waals surface area contributed by atoms with Crippen molar-refractivity contribution in [2.24, 2.45) is 0 Å². The largest absolute Gasteiger partial charge is 0.478 e. The lowest BCUT2D eigenvalue weighted by molar-refractivity contribution is -0.0321. The minimum atomic E-state index is -0.971. The number of aliphatic hydroxyl groups is 2. The van der Waals surface area contributed by atoms with Gasteiger partial charge in [-0.2, -0.15) is 0 Å². The Morgan fingerprint density at radius 1 is 0.840 bits per heavy atom. The van der Waals surface area contributed by atoms with Gasteiger partial charge in [-0.25, -0.2) is 4.79 Å². The Balaban J connectivity index is 1.73. The number of carbonyl (C=O) groups is 2. The highest BCUT2D eigenvalue weighted by molar-refractivity contribution is 5.95. The Kier molecular flexibility index (Phi) is 4.83. The Morgan fingerprint density at radius 3 is 1.84 bits per heavy atom. The van der Waals surface area contributed by atoms with Crippen LogP contribution >= 0.6 is 0 Å². The average molecular weight is 341 g/mol. The minimum absolute atomic E-state index is 0.123. The molecule has 1 aliphatic heterocycles. The van der Waals surface area contributed by atoms with Crippen LogP contribution in [0.3, 0.4) is 0 Å². The van der Waals surface area contributed by atoms with E-state index in [1.54, 1.807) is 36.4 Å². The fourth-order valence-electron chi connectivity index (χ4n) is 2.90. The Bertz CT molecular complexity index is 769. The van der Waals surface area contributed by atoms with Gasteiger partial charge in [-0.05, 0) is 41.8 Å². The van der Waals surface area contributed by atoms with Gasteiger partial charge in [0.05, 0.1) is 17.8 Å². The van der Waals surface area contributed by atoms with Crippen molar-refractivity contribution in [3.8, 4) is 11.1 Å². The highest BCUT2D eigenvalue weighted by Gasteiger charge is 2.29. The highest BCUT2D eigenvalue weighted by Crippen LogP contribution is 2.22. The molecule has 0 radical (unpaired) electrons. The van der Waals surface area contributed by atoms with E-state index in [9.17, 15) is 19.8 Å². The molecule has 0 aliphatic carbocycles. The van der Waals surface area contributed by atoms with E-state index in [0.29, 0.717) is 18.5 Å². The van der Waals surface area contributed by atoms with Gasteiger partial charge in [-0.3, -0.25) is 4.79 Å². The predicted octanol–water partition coefficient (Wildman–Crippen LogP) is 1.62. The summed E-state index contributed by atoms with van der Waals surface area (Å²) in [7, 11) is 0. The van der Waals surface area contributed by atoms with Gasteiger partial charge < -0.3 is 20.2 Å². The topological polar surface area (TPSA) is 98.1 Å². The number of aromatic carboxylic acids is 1. The number of carboxylic acid groups (broad SMARTS) is 1. The van der Waals surface area contributed by atoms with Crippen LogP contribution in [-0.2, 0) is 0 Å². The zero-order chi connectivity index (χ0) is 18.0. The minimum Gasteiger partial charge on any atom is -0.478 e. The van der Waals surface area contributed by atoms with Gasteiger partial charge in [0.25, 0.3) is 5.91 Å². The molecule has 0 saturated carbocycles. The summed E-state index contributed by atoms with van der Waals surface area (Å²) in [5.74, 6) is -1.15. The quantitative estimate of drug-likeness (QED) is 0.788. The fourth-order valence-corrected chi connectivity index (χ4v) is 2.90. The molecule has 3 N–H and O–H groups in total. The van der Waals surface area contributed by atoms with Crippen molar-refractivity contribution in [2.45, 2.75) is 18.6 Å². The molecule has 1 aliphatic rings. The number of piperidine rings is 1. The third-order valence-electron chi connectivity index (χ3n) is 4.43. The molecular formula is C19H19NO5. The second-order valence-corrected chi connectivity index (χ2v) is 6.13. The maximum atomic E-state index is 12.5. The lowest BCUT2D eigenvalue weighted by Crippen LogP contribution is -2.48. The first-order chi connectivity index (χ1) is 12.0. The zero-order valence-electron chi connectivity index (χ0n) is 13.5. The van der Waals surface area contributed by atoms with Gasteiger partial charge >= 0.3 is 5.97 Å². The van der Waals surface area contributed by atoms with Crippen molar-refractivity contribution in [3.05, 3.63) is 59.7 Å². The summed E-state index contributed by atoms with van der Waals surface area (Å²) in [5.41, 5.74) is 2.47. The van der Waals surface area contributed by atoms with Crippen molar-refractivity contribution in [1.82, 2.24) is 4.90 Å². The molecule has 2 atom stereocenters. The van der Waals surface area contributed by atoms with Crippen molar-refractivity contribution in [2.75, 3.05) is 13.1 Å². The van der Waals surface area contributed by atoms with Crippen LogP contribution in [-0.4, -0.2) is 57.4 Å². The molecule has 25 heavy (non-hydrogen) atoms. The van der Waals surface area contributed by atoms with E-state index in [0.717, 1.165) is 11.1 Å². The van der Waals surface area contributed by atoms with Crippen LogP contribution in [0.5, 0.6) is 0 Å². The van der Waals surface area contributed by atoms with Crippen LogP contribution in [0.1, 0.15) is 27.1 Å². The number of benzene rings is 2. The highest BCUT2D eigenvalue weighted by atomic mass is 16.4. The second-order valence-electron chi connectivity index (χ2n) is 6.13. The first-order valence-corrected chi connectivity index (χ1v) is 8.05. The standard InChI is InChI=1S/C19H19NO5/c21-16-9-10-20(11-17(16)22)18(23)14-5-1-12(2-6-14)13-3-7-15(8-4-13)19(24)25/h1-8,16-17,21-22H,9-11H2,(H,24,25)/t16-,17+/m1/s1. The SMILES string of the molecule is O=C(O)c1ccc(-c2ccc(C(=O)N3CC[C@@H](O)[C@@H](O)C3)cc2)cc1. The number of likely N-dealkylation sites (tertiary alicyclic amines) is 1. The number of amides is 1. The number of β-amino-alcohol motifs (C(OH)–C–C–N with tert-alkyl or cyclic N) is 1. The summed E-state index contributed by atoms with van der Waals surface area (Å²) in [6.45, 7) is 0.536. The summed E-state index contributed by atoms with van der Waals surface area (Å²) in [6, 6.07) is 13.6. The molecule has 2 aromatic rings. The number of hydrogen-bond acceptors (Lipinski definition) is 4. The molecule has 1 saturated heterocycles. The smallest absolute Gasteiger partial charge is 0.335 e. The van der Waals surface area contributed by atoms with E-state index in [2.05, 4.69) is 0 Å². The van der Waals surface area contributed by atoms with Crippen molar-refractivity contribution >= 4 is 11.9 Å². The summed E-state index contributed by atoms with van der Waals surface area (Å²) in [6.07, 6.45) is -1.33. The molecule has 0 spiro atoms. The first kappa shape index (κ1) is 17.1. The third-order valence-corrected chi connectivity index (χ3v) is 4.43. The molecule has 1 fully saturated rings. The van der Waals surface area contributed by atoms with Gasteiger partial charge in [-0.1, -0.05) is 24.3 Å². The first-order valence-electron chi connectivity index (χ1n) is 8.05. The van der Waals surface area contributed by atoms with E-state index in [1.165, 1.54) is 17.0 Å².